The minimum atomic E-state index is -0.218. The number of hydrogen-bond acceptors (Lipinski definition) is 5. The normalized spacial score (nSPS) is 22.2. The van der Waals surface area contributed by atoms with E-state index in [2.05, 4.69) is 49.8 Å². The van der Waals surface area contributed by atoms with Crippen molar-refractivity contribution in [2.75, 3.05) is 40.8 Å². The molecule has 1 aliphatic rings. The van der Waals surface area contributed by atoms with E-state index < -0.39 is 0 Å². The van der Waals surface area contributed by atoms with Crippen molar-refractivity contribution in [3.63, 3.8) is 0 Å². The number of methoxy groups -OCH3 is 1. The maximum Gasteiger partial charge on any atom is 0.307 e. The second-order valence-electron chi connectivity index (χ2n) is 6.05. The van der Waals surface area contributed by atoms with Crippen LogP contribution in [0.3, 0.4) is 0 Å². The Hall–Kier alpha value is -1.60. The molecule has 2 rings (SSSR count). The first-order valence-electron chi connectivity index (χ1n) is 8.40. The van der Waals surface area contributed by atoms with Gasteiger partial charge in [-0.05, 0) is 43.8 Å². The van der Waals surface area contributed by atoms with E-state index in [0.29, 0.717) is 24.9 Å². The number of rotatable bonds is 6. The molecule has 0 amide bonds. The minimum absolute atomic E-state index is 0.218. The summed E-state index contributed by atoms with van der Waals surface area (Å²) in [4.78, 5) is 19.3. The molecule has 0 bridgehead atoms. The van der Waals surface area contributed by atoms with E-state index in [1.165, 1.54) is 24.8 Å². The lowest BCUT2D eigenvalue weighted by Crippen LogP contribution is -2.45. The molecule has 0 aliphatic carbocycles. The summed E-state index contributed by atoms with van der Waals surface area (Å²) >= 11 is 1.83. The molecule has 2 N–H and O–H groups in total. The summed E-state index contributed by atoms with van der Waals surface area (Å²) in [5, 5.41) is 8.72. The molecule has 1 saturated heterocycles. The summed E-state index contributed by atoms with van der Waals surface area (Å²) in [7, 11) is 5.36. The molecule has 1 fully saturated rings. The lowest BCUT2D eigenvalue weighted by atomic mass is 9.88. The van der Waals surface area contributed by atoms with Gasteiger partial charge in [0.1, 0.15) is 0 Å². The van der Waals surface area contributed by atoms with Gasteiger partial charge in [-0.1, -0.05) is 6.07 Å². The van der Waals surface area contributed by atoms with Crippen molar-refractivity contribution >= 4 is 23.3 Å². The van der Waals surface area contributed by atoms with Crippen LogP contribution in [0.25, 0.3) is 0 Å². The Kier molecular flexibility index (Phi) is 7.52. The number of aliphatic imine (C=N–C) groups is 1. The molecule has 1 aromatic rings. The maximum atomic E-state index is 11.2. The lowest BCUT2D eigenvalue weighted by molar-refractivity contribution is -0.140. The highest BCUT2D eigenvalue weighted by atomic mass is 32.1. The first kappa shape index (κ1) is 18.7. The summed E-state index contributed by atoms with van der Waals surface area (Å²) in [5.74, 6) is 1.06. The molecule has 2 atom stereocenters. The second kappa shape index (κ2) is 9.64. The zero-order valence-corrected chi connectivity index (χ0v) is 15.6. The molecule has 7 heteroatoms. The Morgan fingerprint density at radius 2 is 2.33 bits per heavy atom. The predicted molar refractivity (Wildman–Crippen MR) is 98.4 cm³/mol. The average Bonchev–Trinajstić information content (AvgIpc) is 3.11. The number of nitrogens with one attached hydrogen (secondary N) is 2. The molecule has 2 unspecified atom stereocenters. The summed E-state index contributed by atoms with van der Waals surface area (Å²) < 4.78 is 4.64. The monoisotopic (exact) mass is 352 g/mol. The third-order valence-corrected chi connectivity index (χ3v) is 5.39. The van der Waals surface area contributed by atoms with Crippen molar-refractivity contribution in [1.82, 2.24) is 15.5 Å². The third-order valence-electron chi connectivity index (χ3n) is 4.45. The number of carbonyl (C=O) groups is 1. The Morgan fingerprint density at radius 1 is 1.50 bits per heavy atom. The van der Waals surface area contributed by atoms with Gasteiger partial charge in [0.2, 0.25) is 0 Å². The Morgan fingerprint density at radius 3 is 3.00 bits per heavy atom. The van der Waals surface area contributed by atoms with Crippen LogP contribution in [0.5, 0.6) is 0 Å². The van der Waals surface area contributed by atoms with Gasteiger partial charge < -0.3 is 15.4 Å². The van der Waals surface area contributed by atoms with Crippen LogP contribution >= 0.6 is 11.3 Å². The van der Waals surface area contributed by atoms with Crippen molar-refractivity contribution in [2.45, 2.75) is 25.3 Å². The molecule has 6 nitrogen and oxygen atoms in total. The van der Waals surface area contributed by atoms with E-state index in [-0.39, 0.29) is 5.97 Å². The van der Waals surface area contributed by atoms with E-state index in [4.69, 9.17) is 0 Å². The fourth-order valence-corrected chi connectivity index (χ4v) is 4.20. The standard InChI is InChI=1S/C17H28N4O2S/c1-18-17(19-9-8-15(22)23-3)20-12-13-6-4-10-21(2)16(13)14-7-5-11-24-14/h5,7,11,13,16H,4,6,8-10,12H2,1-3H3,(H2,18,19,20). The highest BCUT2D eigenvalue weighted by Gasteiger charge is 2.31. The summed E-state index contributed by atoms with van der Waals surface area (Å²) in [6.45, 7) is 2.53. The maximum absolute atomic E-state index is 11.2. The number of nitrogens with zero attached hydrogens (tertiary/aromatic N) is 2. The van der Waals surface area contributed by atoms with Crippen LogP contribution < -0.4 is 10.6 Å². The van der Waals surface area contributed by atoms with Crippen LogP contribution in [0.15, 0.2) is 22.5 Å². The smallest absolute Gasteiger partial charge is 0.307 e. The van der Waals surface area contributed by atoms with Gasteiger partial charge in [0, 0.05) is 31.1 Å². The molecule has 0 saturated carbocycles. The largest absolute Gasteiger partial charge is 0.469 e. The number of piperidine rings is 1. The first-order valence-corrected chi connectivity index (χ1v) is 9.28. The van der Waals surface area contributed by atoms with Gasteiger partial charge in [-0.2, -0.15) is 0 Å². The summed E-state index contributed by atoms with van der Waals surface area (Å²) in [6.07, 6.45) is 2.76. The van der Waals surface area contributed by atoms with E-state index in [0.717, 1.165) is 19.0 Å². The van der Waals surface area contributed by atoms with Gasteiger partial charge in [0.25, 0.3) is 0 Å². The van der Waals surface area contributed by atoms with Crippen molar-refractivity contribution in [1.29, 1.82) is 0 Å². The molecule has 0 radical (unpaired) electrons. The second-order valence-corrected chi connectivity index (χ2v) is 7.03. The molecule has 1 aliphatic heterocycles. The van der Waals surface area contributed by atoms with E-state index in [9.17, 15) is 4.79 Å². The number of esters is 1. The number of likely N-dealkylation sites (tertiary alicyclic amines) is 1. The van der Waals surface area contributed by atoms with Crippen LogP contribution in [0.4, 0.5) is 0 Å². The van der Waals surface area contributed by atoms with Crippen molar-refractivity contribution in [2.24, 2.45) is 10.9 Å². The van der Waals surface area contributed by atoms with Crippen LogP contribution in [-0.4, -0.2) is 57.7 Å². The zero-order valence-electron chi connectivity index (χ0n) is 14.7. The SMILES string of the molecule is CN=C(NCCC(=O)OC)NCC1CCCN(C)C1c1cccs1. The molecular weight excluding hydrogens is 324 g/mol. The van der Waals surface area contributed by atoms with E-state index in [1.54, 1.807) is 7.05 Å². The third kappa shape index (κ3) is 5.21. The van der Waals surface area contributed by atoms with Gasteiger partial charge in [0.15, 0.2) is 5.96 Å². The van der Waals surface area contributed by atoms with Crippen LogP contribution in [0, 0.1) is 5.92 Å². The minimum Gasteiger partial charge on any atom is -0.469 e. The quantitative estimate of drug-likeness (QED) is 0.465. The van der Waals surface area contributed by atoms with Gasteiger partial charge in [0.05, 0.1) is 13.5 Å². The Bertz CT molecular complexity index is 533. The number of hydrogen-bond donors (Lipinski definition) is 2. The molecule has 1 aromatic heterocycles. The molecular formula is C17H28N4O2S. The number of thiophene rings is 1. The van der Waals surface area contributed by atoms with Crippen molar-refractivity contribution in [3.05, 3.63) is 22.4 Å². The van der Waals surface area contributed by atoms with E-state index >= 15 is 0 Å². The first-order chi connectivity index (χ1) is 11.7. The topological polar surface area (TPSA) is 66.0 Å². The molecule has 134 valence electrons. The predicted octanol–water partition coefficient (Wildman–Crippen LogP) is 1.86. The fraction of sp³-hybridized carbons (Fsp3) is 0.647. The molecule has 2 heterocycles. The van der Waals surface area contributed by atoms with Gasteiger partial charge in [-0.15, -0.1) is 11.3 Å². The molecule has 24 heavy (non-hydrogen) atoms. The van der Waals surface area contributed by atoms with Gasteiger partial charge in [-0.3, -0.25) is 14.7 Å². The highest BCUT2D eigenvalue weighted by molar-refractivity contribution is 7.10. The van der Waals surface area contributed by atoms with Crippen LogP contribution in [0.2, 0.25) is 0 Å². The van der Waals surface area contributed by atoms with E-state index in [1.807, 2.05) is 11.3 Å². The van der Waals surface area contributed by atoms with Crippen molar-refractivity contribution in [3.8, 4) is 0 Å². The highest BCUT2D eigenvalue weighted by Crippen LogP contribution is 2.36. The Labute approximate surface area is 148 Å². The van der Waals surface area contributed by atoms with Crippen LogP contribution in [0.1, 0.15) is 30.2 Å². The van der Waals surface area contributed by atoms with Crippen molar-refractivity contribution < 1.29 is 9.53 Å². The Balaban J connectivity index is 1.87. The lowest BCUT2D eigenvalue weighted by Gasteiger charge is -2.39. The number of guanidine groups is 1. The molecule has 0 spiro atoms. The zero-order chi connectivity index (χ0) is 17.4. The summed E-state index contributed by atoms with van der Waals surface area (Å²) in [6, 6.07) is 4.81. The summed E-state index contributed by atoms with van der Waals surface area (Å²) in [5.41, 5.74) is 0. The van der Waals surface area contributed by atoms with Gasteiger partial charge in [-0.25, -0.2) is 0 Å². The fourth-order valence-electron chi connectivity index (χ4n) is 3.22. The number of ether oxygens (including phenoxy) is 1. The average molecular weight is 353 g/mol. The van der Waals surface area contributed by atoms with Gasteiger partial charge >= 0.3 is 5.97 Å². The molecule has 0 aromatic carbocycles. The number of carbonyl (C=O) groups excluding carboxylic acids is 1. The van der Waals surface area contributed by atoms with Crippen LogP contribution in [-0.2, 0) is 9.53 Å².